The largest absolute Gasteiger partial charge is 1.00 e. The van der Waals surface area contributed by atoms with Crippen molar-refractivity contribution in [1.29, 1.82) is 0 Å². The van der Waals surface area contributed by atoms with Gasteiger partial charge in [-0.1, -0.05) is 0 Å². The van der Waals surface area contributed by atoms with Crippen LogP contribution in [0.3, 0.4) is 0 Å². The molecular weight excluding hydrogens is 735 g/mol. The summed E-state index contributed by atoms with van der Waals surface area (Å²) in [6, 6.07) is 14.5. The smallest absolute Gasteiger partial charge is 1.00 e. The number of fused-ring (bicyclic) bond motifs is 8. The zero-order chi connectivity index (χ0) is 32.9. The third-order valence-electron chi connectivity index (χ3n) is 13.8. The molecule has 4 heteroatoms. The number of hydrogen-bond donors (Lipinski definition) is 0. The summed E-state index contributed by atoms with van der Waals surface area (Å²) in [5.74, 6) is 2.74. The second-order valence-electron chi connectivity index (χ2n) is 15.9. The Hall–Kier alpha value is -1.57. The Balaban J connectivity index is 0.00000208. The van der Waals surface area contributed by atoms with E-state index < -0.39 is 21.3 Å². The molecule has 4 aromatic rings. The summed E-state index contributed by atoms with van der Waals surface area (Å²) in [7, 11) is 0. The van der Waals surface area contributed by atoms with Gasteiger partial charge in [-0.05, 0) is 0 Å². The van der Waals surface area contributed by atoms with Gasteiger partial charge in [0.25, 0.3) is 0 Å². The average Bonchev–Trinajstić information content (AvgIpc) is 3.81. The minimum atomic E-state index is -2.61. The number of thiophene rings is 1. The molecule has 256 valence electrons. The number of aryl methyl sites for hydroxylation is 1. The van der Waals surface area contributed by atoms with Gasteiger partial charge in [-0.15, -0.1) is 0 Å². The maximum absolute atomic E-state index is 2.84. The normalized spacial score (nSPS) is 26.9. The van der Waals surface area contributed by atoms with Gasteiger partial charge in [0.2, 0.25) is 0 Å². The fraction of sp³-hybridized carbons (Fsp3) is 0.444. The Bertz CT molecular complexity index is 2040. The summed E-state index contributed by atoms with van der Waals surface area (Å²) in [6.45, 7) is 22.9. The summed E-state index contributed by atoms with van der Waals surface area (Å²) in [4.78, 5) is 0. The summed E-state index contributed by atoms with van der Waals surface area (Å²) >= 11 is -0.749. The second kappa shape index (κ2) is 13.8. The molecular formula is C45H52Cl2SZr. The van der Waals surface area contributed by atoms with Crippen molar-refractivity contribution in [3.05, 3.63) is 107 Å². The van der Waals surface area contributed by atoms with Crippen molar-refractivity contribution in [2.24, 2.45) is 17.8 Å². The first-order valence-corrected chi connectivity index (χ1v) is 23.1. The van der Waals surface area contributed by atoms with Gasteiger partial charge < -0.3 is 24.8 Å². The van der Waals surface area contributed by atoms with Crippen LogP contribution >= 0.6 is 11.3 Å². The van der Waals surface area contributed by atoms with E-state index in [2.05, 4.69) is 122 Å². The third kappa shape index (κ3) is 5.31. The molecule has 1 aromatic heterocycles. The zero-order valence-electron chi connectivity index (χ0n) is 30.9. The Morgan fingerprint density at radius 3 is 2.18 bits per heavy atom. The predicted molar refractivity (Wildman–Crippen MR) is 203 cm³/mol. The van der Waals surface area contributed by atoms with E-state index in [-0.39, 0.29) is 27.9 Å². The Labute approximate surface area is 319 Å². The van der Waals surface area contributed by atoms with Gasteiger partial charge in [0.1, 0.15) is 0 Å². The molecule has 0 spiro atoms. The van der Waals surface area contributed by atoms with Crippen molar-refractivity contribution < 1.29 is 46.1 Å². The molecule has 0 aliphatic heterocycles. The van der Waals surface area contributed by atoms with Crippen molar-refractivity contribution in [2.75, 3.05) is 0 Å². The molecule has 4 aliphatic carbocycles. The first-order valence-electron chi connectivity index (χ1n) is 18.4. The molecule has 0 nitrogen and oxygen atoms in total. The van der Waals surface area contributed by atoms with Crippen LogP contribution in [0.15, 0.2) is 62.6 Å². The van der Waals surface area contributed by atoms with Gasteiger partial charge in [0, 0.05) is 0 Å². The van der Waals surface area contributed by atoms with Crippen LogP contribution in [0.2, 0.25) is 0 Å². The van der Waals surface area contributed by atoms with E-state index in [1.165, 1.54) is 70.7 Å². The topological polar surface area (TPSA) is 0 Å². The summed E-state index contributed by atoms with van der Waals surface area (Å²) in [5, 5.41) is 7.75. The number of benzene rings is 3. The van der Waals surface area contributed by atoms with Crippen LogP contribution in [0, 0.1) is 38.5 Å². The number of halogens is 2. The van der Waals surface area contributed by atoms with E-state index in [1.807, 2.05) is 23.4 Å². The van der Waals surface area contributed by atoms with E-state index >= 15 is 0 Å². The molecule has 8 rings (SSSR count). The van der Waals surface area contributed by atoms with Crippen LogP contribution < -0.4 is 24.8 Å². The third-order valence-corrected chi connectivity index (χ3v) is 24.9. The molecule has 0 radical (unpaired) electrons. The molecule has 6 unspecified atom stereocenters. The minimum absolute atomic E-state index is 0. The molecule has 0 saturated heterocycles. The van der Waals surface area contributed by atoms with E-state index in [0.29, 0.717) is 29.6 Å². The summed E-state index contributed by atoms with van der Waals surface area (Å²) < 4.78 is 4.11. The zero-order valence-corrected chi connectivity index (χ0v) is 35.6. The van der Waals surface area contributed by atoms with Crippen LogP contribution in [0.25, 0.3) is 27.5 Å². The second-order valence-corrected chi connectivity index (χ2v) is 24.2. The monoisotopic (exact) mass is 784 g/mol. The molecule has 0 amide bonds. The quantitative estimate of drug-likeness (QED) is 0.211. The van der Waals surface area contributed by atoms with Gasteiger partial charge in [-0.2, -0.15) is 0 Å². The van der Waals surface area contributed by atoms with Crippen molar-refractivity contribution >= 4 is 30.9 Å². The first-order chi connectivity index (χ1) is 22.6. The molecule has 4 aliphatic rings. The van der Waals surface area contributed by atoms with Crippen molar-refractivity contribution in [2.45, 2.75) is 109 Å². The number of hydrogen-bond acceptors (Lipinski definition) is 1. The van der Waals surface area contributed by atoms with Crippen LogP contribution in [-0.4, -0.2) is 3.21 Å². The molecule has 3 aromatic carbocycles. The van der Waals surface area contributed by atoms with E-state index in [4.69, 9.17) is 0 Å². The van der Waals surface area contributed by atoms with Gasteiger partial charge in [0.05, 0.1) is 0 Å². The standard InChI is InChI=1S/C29H33.C10H9S.C6H10.2ClH.Zr/c1-14-13-24-25(18(5)15(14)2)21(8)28-27-20(7)17(4)16(3)19(6)26(27)22-11-9-10-12-23(22)29(24)28;1-8-2-3-9(6-8)10-4-5-11-7-10;1-2-4-6-5-3-1;;;/h9-13,16-17,19,21H,1-8H3;2-5,7-8H,1H3;1-5H2;2*1H;/q;;;;;+2/p-2. The number of rotatable bonds is 3. The van der Waals surface area contributed by atoms with Crippen LogP contribution in [0.4, 0.5) is 0 Å². The molecule has 0 bridgehead atoms. The molecule has 1 saturated carbocycles. The fourth-order valence-electron chi connectivity index (χ4n) is 10.8. The van der Waals surface area contributed by atoms with Crippen molar-refractivity contribution in [1.82, 2.24) is 0 Å². The molecule has 6 atom stereocenters. The Morgan fingerprint density at radius 2 is 1.51 bits per heavy atom. The van der Waals surface area contributed by atoms with E-state index in [1.54, 1.807) is 27.8 Å². The Kier molecular flexibility index (Phi) is 10.5. The molecule has 49 heavy (non-hydrogen) atoms. The van der Waals surface area contributed by atoms with Gasteiger partial charge in [-0.3, -0.25) is 0 Å². The van der Waals surface area contributed by atoms with Crippen molar-refractivity contribution in [3.63, 3.8) is 0 Å². The molecule has 0 N–H and O–H groups in total. The predicted octanol–water partition coefficient (Wildman–Crippen LogP) is 6.94. The van der Waals surface area contributed by atoms with Crippen LogP contribution in [0.1, 0.15) is 130 Å². The van der Waals surface area contributed by atoms with Crippen molar-refractivity contribution in [3.8, 4) is 11.1 Å². The number of allylic oxidation sites excluding steroid dienone is 4. The van der Waals surface area contributed by atoms with Gasteiger partial charge in [-0.25, -0.2) is 0 Å². The minimum Gasteiger partial charge on any atom is -1.00 e. The fourth-order valence-corrected chi connectivity index (χ4v) is 23.3. The maximum atomic E-state index is 2.84. The van der Waals surface area contributed by atoms with E-state index in [0.717, 1.165) is 0 Å². The first kappa shape index (κ1) is 37.2. The molecule has 1 fully saturated rings. The van der Waals surface area contributed by atoms with Gasteiger partial charge >= 0.3 is 298 Å². The van der Waals surface area contributed by atoms with Crippen LogP contribution in [0.5, 0.6) is 0 Å². The summed E-state index contributed by atoms with van der Waals surface area (Å²) in [5.41, 5.74) is 17.4. The van der Waals surface area contributed by atoms with E-state index in [9.17, 15) is 0 Å². The Morgan fingerprint density at radius 1 is 0.816 bits per heavy atom. The van der Waals surface area contributed by atoms with Gasteiger partial charge in [0.15, 0.2) is 0 Å². The SMILES string of the molecule is Cc1cc2c(c(C)c1C)C(C)c1c3c(c4ccccc4c1-2)C(C)C(C)C(C)[C]3(C)[Zr+2]([C]1=C(c2ccsc2)C=CC1C)=[C]1CCCCC1.[Cl-].[Cl-]. The average molecular weight is 787 g/mol. The van der Waals surface area contributed by atoms with Crippen LogP contribution in [-0.2, 0) is 24.4 Å². The molecule has 1 heterocycles. The summed E-state index contributed by atoms with van der Waals surface area (Å²) in [6.07, 6.45) is 12.0. The maximum Gasteiger partial charge on any atom is -1.00 e.